The molecule has 1 saturated carbocycles. The molecule has 3 fully saturated rings. The van der Waals surface area contributed by atoms with Crippen LogP contribution in [0.2, 0.25) is 0 Å². The lowest BCUT2D eigenvalue weighted by molar-refractivity contribution is 0.0262. The maximum Gasteiger partial charge on any atom is 0.200 e. The van der Waals surface area contributed by atoms with E-state index in [2.05, 4.69) is 31.6 Å². The van der Waals surface area contributed by atoms with Crippen LogP contribution in [0.3, 0.4) is 0 Å². The molecule has 0 radical (unpaired) electrons. The Balaban J connectivity index is 1.27. The molecule has 7 nitrogen and oxygen atoms in total. The fourth-order valence-electron chi connectivity index (χ4n) is 4.21. The zero-order valence-electron chi connectivity index (χ0n) is 14.6. The number of hydrogen-bond acceptors (Lipinski definition) is 6. The quantitative estimate of drug-likeness (QED) is 0.917. The fourth-order valence-corrected chi connectivity index (χ4v) is 4.21. The molecule has 0 amide bonds. The maximum absolute atomic E-state index is 5.50. The van der Waals surface area contributed by atoms with Gasteiger partial charge in [0.15, 0.2) is 0 Å². The highest BCUT2D eigenvalue weighted by molar-refractivity contribution is 5.67. The highest BCUT2D eigenvalue weighted by atomic mass is 16.5. The molecule has 0 spiro atoms. The predicted octanol–water partition coefficient (Wildman–Crippen LogP) is 2.06. The largest absolute Gasteiger partial charge is 0.381 e. The van der Waals surface area contributed by atoms with Gasteiger partial charge in [-0.25, -0.2) is 0 Å². The van der Waals surface area contributed by atoms with Gasteiger partial charge in [0.05, 0.1) is 11.4 Å². The summed E-state index contributed by atoms with van der Waals surface area (Å²) in [6.45, 7) is 4.20. The third-order valence-corrected chi connectivity index (χ3v) is 5.88. The van der Waals surface area contributed by atoms with Crippen molar-refractivity contribution in [2.45, 2.75) is 56.5 Å². The molecule has 7 heteroatoms. The van der Waals surface area contributed by atoms with Crippen LogP contribution in [0, 0.1) is 0 Å². The van der Waals surface area contributed by atoms with Gasteiger partial charge in [-0.05, 0) is 44.6 Å². The Hall–Kier alpha value is -1.73. The van der Waals surface area contributed by atoms with Gasteiger partial charge in [-0.15, -0.1) is 10.2 Å². The second-order valence-electron chi connectivity index (χ2n) is 7.65. The molecule has 0 atom stereocenters. The van der Waals surface area contributed by atoms with Crippen LogP contribution in [0.5, 0.6) is 0 Å². The Bertz CT molecular complexity index is 728. The number of piperidine rings is 1. The van der Waals surface area contributed by atoms with Crippen LogP contribution in [0.4, 0.5) is 5.69 Å². The third-order valence-electron chi connectivity index (χ3n) is 5.88. The Labute approximate surface area is 147 Å². The Morgan fingerprint density at radius 2 is 1.84 bits per heavy atom. The summed E-state index contributed by atoms with van der Waals surface area (Å²) >= 11 is 0. The molecule has 2 aliphatic heterocycles. The zero-order chi connectivity index (χ0) is 16.6. The van der Waals surface area contributed by atoms with E-state index in [9.17, 15) is 0 Å². The van der Waals surface area contributed by atoms with Crippen molar-refractivity contribution in [2.24, 2.45) is 0 Å². The number of ether oxygens (including phenoxy) is 1. The zero-order valence-corrected chi connectivity index (χ0v) is 14.6. The van der Waals surface area contributed by atoms with Crippen molar-refractivity contribution in [3.8, 4) is 0 Å². The number of nitrogens with one attached hydrogen (secondary N) is 1. The summed E-state index contributed by atoms with van der Waals surface area (Å²) in [6.07, 6.45) is 8.95. The van der Waals surface area contributed by atoms with E-state index in [1.54, 1.807) is 6.33 Å². The van der Waals surface area contributed by atoms with Gasteiger partial charge < -0.3 is 15.0 Å². The minimum atomic E-state index is 0.506. The maximum atomic E-state index is 5.50. The van der Waals surface area contributed by atoms with Gasteiger partial charge in [-0.3, -0.25) is 0 Å². The van der Waals surface area contributed by atoms with E-state index >= 15 is 0 Å². The van der Waals surface area contributed by atoms with E-state index in [0.717, 1.165) is 30.6 Å². The molecule has 3 aliphatic rings. The van der Waals surface area contributed by atoms with Crippen LogP contribution in [0.25, 0.3) is 5.65 Å². The van der Waals surface area contributed by atoms with Gasteiger partial charge in [0.25, 0.3) is 0 Å². The minimum Gasteiger partial charge on any atom is -0.381 e. The summed E-state index contributed by atoms with van der Waals surface area (Å²) in [5.41, 5.74) is 3.12. The summed E-state index contributed by atoms with van der Waals surface area (Å²) < 4.78 is 7.33. The third kappa shape index (κ3) is 3.22. The van der Waals surface area contributed by atoms with Gasteiger partial charge in [0.1, 0.15) is 6.33 Å². The van der Waals surface area contributed by atoms with Crippen molar-refractivity contribution >= 4 is 11.3 Å². The van der Waals surface area contributed by atoms with Crippen molar-refractivity contribution in [1.29, 1.82) is 0 Å². The summed E-state index contributed by atoms with van der Waals surface area (Å²) in [4.78, 5) is 2.66. The molecule has 5 rings (SSSR count). The van der Waals surface area contributed by atoms with Crippen molar-refractivity contribution in [3.63, 3.8) is 0 Å². The van der Waals surface area contributed by atoms with Crippen LogP contribution in [-0.4, -0.2) is 63.1 Å². The van der Waals surface area contributed by atoms with Crippen LogP contribution in [0.1, 0.15) is 50.1 Å². The SMILES string of the molecule is c1c(C2CC2)nn2cnnc2c1NC1CCN(C2CCOCC2)CC1. The first-order valence-corrected chi connectivity index (χ1v) is 9.66. The summed E-state index contributed by atoms with van der Waals surface area (Å²) in [7, 11) is 0. The van der Waals surface area contributed by atoms with Gasteiger partial charge in [0.2, 0.25) is 5.65 Å². The van der Waals surface area contributed by atoms with E-state index < -0.39 is 0 Å². The van der Waals surface area contributed by atoms with E-state index in [1.165, 1.54) is 57.3 Å². The Morgan fingerprint density at radius 1 is 1.04 bits per heavy atom. The van der Waals surface area contributed by atoms with Crippen molar-refractivity contribution in [2.75, 3.05) is 31.6 Å². The molecule has 2 aromatic heterocycles. The van der Waals surface area contributed by atoms with Crippen LogP contribution in [0.15, 0.2) is 12.4 Å². The van der Waals surface area contributed by atoms with Gasteiger partial charge in [0, 0.05) is 44.3 Å². The number of rotatable bonds is 4. The van der Waals surface area contributed by atoms with E-state index in [-0.39, 0.29) is 0 Å². The lowest BCUT2D eigenvalue weighted by atomic mass is 9.99. The minimum absolute atomic E-state index is 0.506. The van der Waals surface area contributed by atoms with Gasteiger partial charge in [-0.2, -0.15) is 9.61 Å². The van der Waals surface area contributed by atoms with Crippen LogP contribution in [-0.2, 0) is 4.74 Å². The monoisotopic (exact) mass is 342 g/mol. The van der Waals surface area contributed by atoms with Crippen molar-refractivity contribution in [1.82, 2.24) is 24.7 Å². The van der Waals surface area contributed by atoms with Crippen LogP contribution >= 0.6 is 0 Å². The number of fused-ring (bicyclic) bond motifs is 1. The summed E-state index contributed by atoms with van der Waals surface area (Å²) in [5, 5.41) is 16.7. The number of nitrogens with zero attached hydrogens (tertiary/aromatic N) is 5. The number of hydrogen-bond donors (Lipinski definition) is 1. The van der Waals surface area contributed by atoms with Crippen LogP contribution < -0.4 is 5.32 Å². The molecular weight excluding hydrogens is 316 g/mol. The predicted molar refractivity (Wildman–Crippen MR) is 94.8 cm³/mol. The second-order valence-corrected chi connectivity index (χ2v) is 7.65. The molecule has 1 aliphatic carbocycles. The van der Waals surface area contributed by atoms with Gasteiger partial charge >= 0.3 is 0 Å². The first-order valence-electron chi connectivity index (χ1n) is 9.66. The second kappa shape index (κ2) is 6.53. The normalized spacial score (nSPS) is 24.0. The highest BCUT2D eigenvalue weighted by Gasteiger charge is 2.29. The Morgan fingerprint density at radius 3 is 2.60 bits per heavy atom. The summed E-state index contributed by atoms with van der Waals surface area (Å²) in [6, 6.07) is 3.43. The molecule has 0 bridgehead atoms. The molecule has 2 aromatic rings. The first kappa shape index (κ1) is 15.5. The lowest BCUT2D eigenvalue weighted by Gasteiger charge is -2.39. The highest BCUT2D eigenvalue weighted by Crippen LogP contribution is 2.40. The first-order chi connectivity index (χ1) is 12.4. The van der Waals surface area contributed by atoms with Crippen molar-refractivity contribution < 1.29 is 4.74 Å². The molecule has 0 aromatic carbocycles. The lowest BCUT2D eigenvalue weighted by Crippen LogP contribution is -2.46. The molecule has 134 valence electrons. The molecule has 1 N–H and O–H groups in total. The van der Waals surface area contributed by atoms with Gasteiger partial charge in [-0.1, -0.05) is 0 Å². The average Bonchev–Trinajstić information content (AvgIpc) is 3.41. The molecule has 2 saturated heterocycles. The molecule has 25 heavy (non-hydrogen) atoms. The number of likely N-dealkylation sites (tertiary alicyclic amines) is 1. The summed E-state index contributed by atoms with van der Waals surface area (Å²) in [5.74, 6) is 0.628. The van der Waals surface area contributed by atoms with E-state index in [4.69, 9.17) is 4.74 Å². The standard InChI is InChI=1S/C18H26N6O/c1-2-13(1)16-11-17(18-21-19-12-24(18)22-16)20-14-3-7-23(8-4-14)15-5-9-25-10-6-15/h11-15,20H,1-10H2. The van der Waals surface area contributed by atoms with E-state index in [0.29, 0.717) is 12.0 Å². The molecular formula is C18H26N6O. The Kier molecular flexibility index (Phi) is 4.06. The number of anilines is 1. The molecule has 4 heterocycles. The van der Waals surface area contributed by atoms with Crippen molar-refractivity contribution in [3.05, 3.63) is 18.1 Å². The topological polar surface area (TPSA) is 67.6 Å². The van der Waals surface area contributed by atoms with E-state index in [1.807, 2.05) is 4.52 Å². The fraction of sp³-hybridized carbons (Fsp3) is 0.722. The smallest absolute Gasteiger partial charge is 0.200 e. The molecule has 0 unspecified atom stereocenters. The number of aromatic nitrogens is 4. The average molecular weight is 342 g/mol.